The van der Waals surface area contributed by atoms with E-state index < -0.39 is 0 Å². The van der Waals surface area contributed by atoms with E-state index in [2.05, 4.69) is 5.32 Å². The van der Waals surface area contributed by atoms with Gasteiger partial charge in [0.2, 0.25) is 0 Å². The fourth-order valence-corrected chi connectivity index (χ4v) is 3.75. The molecule has 1 aliphatic rings. The van der Waals surface area contributed by atoms with E-state index in [0.29, 0.717) is 22.8 Å². The number of benzene rings is 3. The number of aromatic hydroxyl groups is 2. The van der Waals surface area contributed by atoms with E-state index in [9.17, 15) is 10.2 Å². The number of thiocarbonyl (C=S) groups is 1. The molecule has 1 heterocycles. The molecule has 4 rings (SSSR count). The molecule has 146 valence electrons. The Bertz CT molecular complexity index is 1100. The van der Waals surface area contributed by atoms with Crippen LogP contribution < -0.4 is 5.32 Å². The summed E-state index contributed by atoms with van der Waals surface area (Å²) in [5, 5.41) is 30.8. The number of aryl methyl sites for hydroxylation is 1. The van der Waals surface area contributed by atoms with E-state index in [-0.39, 0.29) is 17.5 Å². The van der Waals surface area contributed by atoms with Crippen LogP contribution in [0.2, 0.25) is 0 Å². The van der Waals surface area contributed by atoms with Gasteiger partial charge < -0.3 is 15.5 Å². The van der Waals surface area contributed by atoms with Crippen molar-refractivity contribution in [3.63, 3.8) is 0 Å². The first-order valence-corrected chi connectivity index (χ1v) is 9.75. The SMILES string of the molecule is Cc1ccccc1NC(=S)N1N=C(c2ccccc2O)C[C@H]1c1ccccc1O. The maximum Gasteiger partial charge on any atom is 0.194 e. The minimum atomic E-state index is -0.283. The molecule has 0 saturated heterocycles. The molecule has 5 nitrogen and oxygen atoms in total. The van der Waals surface area contributed by atoms with E-state index in [4.69, 9.17) is 17.3 Å². The maximum atomic E-state index is 10.4. The van der Waals surface area contributed by atoms with Crippen LogP contribution in [0.3, 0.4) is 0 Å². The minimum Gasteiger partial charge on any atom is -0.508 e. The molecular formula is C23H21N3O2S. The van der Waals surface area contributed by atoms with Gasteiger partial charge in [0.1, 0.15) is 11.5 Å². The van der Waals surface area contributed by atoms with Crippen LogP contribution in [-0.4, -0.2) is 26.0 Å². The summed E-state index contributed by atoms with van der Waals surface area (Å²) in [6.07, 6.45) is 0.505. The quantitative estimate of drug-likeness (QED) is 0.540. The van der Waals surface area contributed by atoms with Crippen molar-refractivity contribution in [3.8, 4) is 11.5 Å². The second kappa shape index (κ2) is 7.93. The van der Waals surface area contributed by atoms with Crippen LogP contribution in [-0.2, 0) is 0 Å². The number of para-hydroxylation sites is 3. The normalized spacial score (nSPS) is 15.8. The zero-order valence-electron chi connectivity index (χ0n) is 15.9. The number of phenolic OH excluding ortho intramolecular Hbond substituents is 2. The first kappa shape index (κ1) is 19.0. The summed E-state index contributed by atoms with van der Waals surface area (Å²) < 4.78 is 0. The van der Waals surface area contributed by atoms with Crippen molar-refractivity contribution in [1.82, 2.24) is 5.01 Å². The number of nitrogens with one attached hydrogen (secondary N) is 1. The molecule has 0 fully saturated rings. The molecule has 0 saturated carbocycles. The van der Waals surface area contributed by atoms with Gasteiger partial charge in [0.15, 0.2) is 5.11 Å². The lowest BCUT2D eigenvalue weighted by molar-refractivity contribution is 0.359. The number of anilines is 1. The van der Waals surface area contributed by atoms with Crippen LogP contribution in [0.15, 0.2) is 77.9 Å². The fraction of sp³-hybridized carbons (Fsp3) is 0.130. The predicted octanol–water partition coefficient (Wildman–Crippen LogP) is 4.95. The lowest BCUT2D eigenvalue weighted by atomic mass is 9.97. The van der Waals surface area contributed by atoms with E-state index in [1.54, 1.807) is 29.3 Å². The predicted molar refractivity (Wildman–Crippen MR) is 119 cm³/mol. The average Bonchev–Trinajstić information content (AvgIpc) is 3.15. The maximum absolute atomic E-state index is 10.4. The van der Waals surface area contributed by atoms with Crippen LogP contribution >= 0.6 is 12.2 Å². The van der Waals surface area contributed by atoms with Gasteiger partial charge in [-0.1, -0.05) is 48.5 Å². The summed E-state index contributed by atoms with van der Waals surface area (Å²) in [6.45, 7) is 2.01. The monoisotopic (exact) mass is 403 g/mol. The highest BCUT2D eigenvalue weighted by Gasteiger charge is 2.33. The van der Waals surface area contributed by atoms with Gasteiger partial charge in [-0.25, -0.2) is 5.01 Å². The highest BCUT2D eigenvalue weighted by atomic mass is 32.1. The summed E-state index contributed by atoms with van der Waals surface area (Å²) in [6, 6.07) is 21.9. The Hall–Kier alpha value is -3.38. The Labute approximate surface area is 174 Å². The molecule has 0 spiro atoms. The largest absolute Gasteiger partial charge is 0.508 e. The molecule has 0 unspecified atom stereocenters. The first-order valence-electron chi connectivity index (χ1n) is 9.34. The van der Waals surface area contributed by atoms with Crippen molar-refractivity contribution in [3.05, 3.63) is 89.5 Å². The Morgan fingerprint density at radius 1 is 0.966 bits per heavy atom. The Morgan fingerprint density at radius 3 is 2.34 bits per heavy atom. The second-order valence-electron chi connectivity index (χ2n) is 6.93. The van der Waals surface area contributed by atoms with Crippen molar-refractivity contribution in [2.45, 2.75) is 19.4 Å². The summed E-state index contributed by atoms with van der Waals surface area (Å²) in [5.74, 6) is 0.358. The van der Waals surface area contributed by atoms with Gasteiger partial charge in [0.05, 0.1) is 11.8 Å². The molecule has 0 radical (unpaired) electrons. The highest BCUT2D eigenvalue weighted by molar-refractivity contribution is 7.80. The number of rotatable bonds is 3. The summed E-state index contributed by atoms with van der Waals surface area (Å²) in [7, 11) is 0. The Morgan fingerprint density at radius 2 is 1.62 bits per heavy atom. The molecule has 0 aliphatic carbocycles. The van der Waals surface area contributed by atoms with Gasteiger partial charge in [-0.2, -0.15) is 5.10 Å². The third kappa shape index (κ3) is 3.79. The van der Waals surface area contributed by atoms with Crippen LogP contribution in [0, 0.1) is 6.92 Å². The number of nitrogens with zero attached hydrogens (tertiary/aromatic N) is 2. The summed E-state index contributed by atoms with van der Waals surface area (Å²) in [4.78, 5) is 0. The average molecular weight is 404 g/mol. The highest BCUT2D eigenvalue weighted by Crippen LogP contribution is 2.38. The number of phenols is 2. The molecular weight excluding hydrogens is 382 g/mol. The van der Waals surface area contributed by atoms with E-state index in [1.165, 1.54) is 0 Å². The fourth-order valence-electron chi connectivity index (χ4n) is 3.48. The van der Waals surface area contributed by atoms with Crippen LogP contribution in [0.1, 0.15) is 29.2 Å². The molecule has 29 heavy (non-hydrogen) atoms. The topological polar surface area (TPSA) is 68.1 Å². The Balaban J connectivity index is 1.71. The van der Waals surface area contributed by atoms with Crippen molar-refractivity contribution in [1.29, 1.82) is 0 Å². The lowest BCUT2D eigenvalue weighted by Gasteiger charge is -2.25. The van der Waals surface area contributed by atoms with Gasteiger partial charge in [0.25, 0.3) is 0 Å². The zero-order chi connectivity index (χ0) is 20.4. The van der Waals surface area contributed by atoms with Crippen LogP contribution in [0.5, 0.6) is 11.5 Å². The molecule has 3 aromatic rings. The van der Waals surface area contributed by atoms with Crippen molar-refractivity contribution in [2.75, 3.05) is 5.32 Å². The smallest absolute Gasteiger partial charge is 0.194 e. The minimum absolute atomic E-state index is 0.168. The van der Waals surface area contributed by atoms with Crippen molar-refractivity contribution in [2.24, 2.45) is 5.10 Å². The van der Waals surface area contributed by atoms with Gasteiger partial charge in [-0.05, 0) is 49.0 Å². The number of hydrogen-bond acceptors (Lipinski definition) is 4. The molecule has 6 heteroatoms. The summed E-state index contributed by atoms with van der Waals surface area (Å²) >= 11 is 5.68. The third-order valence-electron chi connectivity index (χ3n) is 5.02. The molecule has 3 N–H and O–H groups in total. The zero-order valence-corrected chi connectivity index (χ0v) is 16.7. The Kier molecular flexibility index (Phi) is 5.18. The lowest BCUT2D eigenvalue weighted by Crippen LogP contribution is -2.31. The third-order valence-corrected chi connectivity index (χ3v) is 5.30. The van der Waals surface area contributed by atoms with E-state index >= 15 is 0 Å². The van der Waals surface area contributed by atoms with Crippen molar-refractivity contribution < 1.29 is 10.2 Å². The number of hydrogen-bond donors (Lipinski definition) is 3. The van der Waals surface area contributed by atoms with Gasteiger partial charge in [0, 0.05) is 23.2 Å². The molecule has 0 aromatic heterocycles. The van der Waals surface area contributed by atoms with Gasteiger partial charge >= 0.3 is 0 Å². The number of hydrazone groups is 1. The molecule has 0 amide bonds. The molecule has 1 aliphatic heterocycles. The first-order chi connectivity index (χ1) is 14.0. The van der Waals surface area contributed by atoms with Crippen LogP contribution in [0.25, 0.3) is 0 Å². The van der Waals surface area contributed by atoms with Crippen molar-refractivity contribution >= 4 is 28.7 Å². The molecule has 0 bridgehead atoms. The van der Waals surface area contributed by atoms with Gasteiger partial charge in [-0.15, -0.1) is 0 Å². The summed E-state index contributed by atoms with van der Waals surface area (Å²) in [5.41, 5.74) is 4.08. The van der Waals surface area contributed by atoms with E-state index in [0.717, 1.165) is 16.8 Å². The standard InChI is InChI=1S/C23H21N3O2S/c1-15-8-2-5-11-18(15)24-23(29)26-20(17-10-4-7-13-22(17)28)14-19(25-26)16-9-3-6-12-21(16)27/h2-13,20,27-28H,14H2,1H3,(H,24,29)/t20-/m0/s1. The molecule has 1 atom stereocenters. The molecule has 3 aromatic carbocycles. The second-order valence-corrected chi connectivity index (χ2v) is 7.32. The van der Waals surface area contributed by atoms with Crippen LogP contribution in [0.4, 0.5) is 5.69 Å². The van der Waals surface area contributed by atoms with Gasteiger partial charge in [-0.3, -0.25) is 0 Å². The van der Waals surface area contributed by atoms with E-state index in [1.807, 2.05) is 55.5 Å².